The normalized spacial score (nSPS) is 14.3. The van der Waals surface area contributed by atoms with Gasteiger partial charge in [0.25, 0.3) is 0 Å². The second kappa shape index (κ2) is 6.01. The molecule has 100 valence electrons. The van der Waals surface area contributed by atoms with E-state index in [4.69, 9.17) is 10.8 Å². The summed E-state index contributed by atoms with van der Waals surface area (Å²) in [6.07, 6.45) is 0.593. The van der Waals surface area contributed by atoms with Gasteiger partial charge >= 0.3 is 5.97 Å². The molecule has 3 heteroatoms. The molecule has 3 N–H and O–H groups in total. The molecule has 0 fully saturated rings. The lowest BCUT2D eigenvalue weighted by molar-refractivity contribution is -0.141. The van der Waals surface area contributed by atoms with Gasteiger partial charge in [-0.25, -0.2) is 0 Å². The molecule has 0 bridgehead atoms. The van der Waals surface area contributed by atoms with Crippen molar-refractivity contribution in [3.8, 4) is 0 Å². The van der Waals surface area contributed by atoms with Gasteiger partial charge in [0.05, 0.1) is 5.92 Å². The zero-order chi connectivity index (χ0) is 13.9. The van der Waals surface area contributed by atoms with E-state index in [9.17, 15) is 4.79 Å². The molecule has 0 aliphatic rings. The highest BCUT2D eigenvalue weighted by atomic mass is 16.4. The molecule has 1 aromatic carbocycles. The number of hydrogen-bond acceptors (Lipinski definition) is 2. The molecule has 18 heavy (non-hydrogen) atoms. The summed E-state index contributed by atoms with van der Waals surface area (Å²) in [6, 6.07) is 4.31. The van der Waals surface area contributed by atoms with E-state index in [0.717, 1.165) is 0 Å². The molecule has 0 saturated carbocycles. The minimum absolute atomic E-state index is 0.198. The molecule has 0 aromatic heterocycles. The molecule has 0 spiro atoms. The fraction of sp³-hybridized carbons (Fsp3) is 0.533. The second-order valence-corrected chi connectivity index (χ2v) is 5.20. The van der Waals surface area contributed by atoms with Gasteiger partial charge in [-0.15, -0.1) is 0 Å². The summed E-state index contributed by atoms with van der Waals surface area (Å²) in [5.41, 5.74) is 10.5. The third-order valence-corrected chi connectivity index (χ3v) is 3.65. The predicted octanol–water partition coefficient (Wildman–Crippen LogP) is 2.76. The van der Waals surface area contributed by atoms with Crippen molar-refractivity contribution in [1.29, 1.82) is 0 Å². The highest BCUT2D eigenvalue weighted by Crippen LogP contribution is 2.28. The number of nitrogens with two attached hydrogens (primary N) is 1. The van der Waals surface area contributed by atoms with Crippen molar-refractivity contribution < 1.29 is 9.90 Å². The molecular weight excluding hydrogens is 226 g/mol. The highest BCUT2D eigenvalue weighted by Gasteiger charge is 2.21. The number of hydrogen-bond donors (Lipinski definition) is 2. The lowest BCUT2D eigenvalue weighted by Gasteiger charge is -2.20. The van der Waals surface area contributed by atoms with E-state index in [2.05, 4.69) is 39.8 Å². The quantitative estimate of drug-likeness (QED) is 0.843. The van der Waals surface area contributed by atoms with Crippen LogP contribution >= 0.6 is 0 Å². The second-order valence-electron chi connectivity index (χ2n) is 5.20. The van der Waals surface area contributed by atoms with E-state index in [0.29, 0.717) is 6.42 Å². The number of carbonyl (C=O) groups is 1. The van der Waals surface area contributed by atoms with Gasteiger partial charge in [-0.3, -0.25) is 4.79 Å². The van der Waals surface area contributed by atoms with Crippen LogP contribution in [0.5, 0.6) is 0 Å². The van der Waals surface area contributed by atoms with Crippen molar-refractivity contribution in [2.24, 2.45) is 11.7 Å². The van der Waals surface area contributed by atoms with E-state index >= 15 is 0 Å². The van der Waals surface area contributed by atoms with E-state index < -0.39 is 11.9 Å². The SMILES string of the molecule is Cc1cc(C)c(C)c(C(C)CC(CN)C(=O)O)c1. The standard InChI is InChI=1S/C15H23NO2/c1-9-5-10(2)12(4)14(6-9)11(3)7-13(8-16)15(17)18/h5-6,11,13H,7-8,16H2,1-4H3,(H,17,18). The monoisotopic (exact) mass is 249 g/mol. The minimum Gasteiger partial charge on any atom is -0.481 e. The third kappa shape index (κ3) is 3.33. The zero-order valence-electron chi connectivity index (χ0n) is 11.7. The third-order valence-electron chi connectivity index (χ3n) is 3.65. The molecular formula is C15H23NO2. The van der Waals surface area contributed by atoms with Gasteiger partial charge in [0.2, 0.25) is 0 Å². The maximum Gasteiger partial charge on any atom is 0.307 e. The molecule has 0 aliphatic carbocycles. The average Bonchev–Trinajstić information content (AvgIpc) is 2.29. The molecule has 3 nitrogen and oxygen atoms in total. The van der Waals surface area contributed by atoms with Crippen molar-refractivity contribution in [1.82, 2.24) is 0 Å². The van der Waals surface area contributed by atoms with Crippen molar-refractivity contribution in [2.45, 2.75) is 40.0 Å². The number of benzene rings is 1. The lowest BCUT2D eigenvalue weighted by Crippen LogP contribution is -2.25. The van der Waals surface area contributed by atoms with Crippen LogP contribution in [0, 0.1) is 26.7 Å². The number of aliphatic carboxylic acids is 1. The molecule has 1 rings (SSSR count). The Morgan fingerprint density at radius 2 is 1.94 bits per heavy atom. The van der Waals surface area contributed by atoms with Crippen LogP contribution in [0.25, 0.3) is 0 Å². The number of aryl methyl sites for hydroxylation is 2. The van der Waals surface area contributed by atoms with Gasteiger partial charge in [-0.2, -0.15) is 0 Å². The molecule has 2 unspecified atom stereocenters. The van der Waals surface area contributed by atoms with E-state index in [1.807, 2.05) is 0 Å². The van der Waals surface area contributed by atoms with Crippen LogP contribution < -0.4 is 5.73 Å². The van der Waals surface area contributed by atoms with E-state index in [1.54, 1.807) is 0 Å². The van der Waals surface area contributed by atoms with Crippen molar-refractivity contribution >= 4 is 5.97 Å². The Kier molecular flexibility index (Phi) is 4.91. The van der Waals surface area contributed by atoms with E-state index in [1.165, 1.54) is 22.3 Å². The summed E-state index contributed by atoms with van der Waals surface area (Å²) >= 11 is 0. The number of carboxylic acid groups (broad SMARTS) is 1. The molecule has 1 aromatic rings. The van der Waals surface area contributed by atoms with Crippen LogP contribution in [-0.2, 0) is 4.79 Å². The summed E-state index contributed by atoms with van der Waals surface area (Å²) in [7, 11) is 0. The molecule has 0 radical (unpaired) electrons. The van der Waals surface area contributed by atoms with Crippen LogP contribution in [0.15, 0.2) is 12.1 Å². The van der Waals surface area contributed by atoms with Crippen molar-refractivity contribution in [2.75, 3.05) is 6.54 Å². The minimum atomic E-state index is -0.800. The van der Waals surface area contributed by atoms with Gasteiger partial charge in [0, 0.05) is 6.54 Å². The molecule has 2 atom stereocenters. The summed E-state index contributed by atoms with van der Waals surface area (Å²) in [5, 5.41) is 9.07. The fourth-order valence-corrected chi connectivity index (χ4v) is 2.44. The highest BCUT2D eigenvalue weighted by molar-refractivity contribution is 5.70. The number of rotatable bonds is 5. The number of carboxylic acids is 1. The average molecular weight is 249 g/mol. The largest absolute Gasteiger partial charge is 0.481 e. The molecule has 0 saturated heterocycles. The van der Waals surface area contributed by atoms with Gasteiger partial charge in [0.1, 0.15) is 0 Å². The first-order valence-corrected chi connectivity index (χ1v) is 6.37. The summed E-state index contributed by atoms with van der Waals surface area (Å²) in [6.45, 7) is 8.53. The Hall–Kier alpha value is -1.35. The first kappa shape index (κ1) is 14.7. The van der Waals surface area contributed by atoms with Crippen LogP contribution in [-0.4, -0.2) is 17.6 Å². The summed E-state index contributed by atoms with van der Waals surface area (Å²) < 4.78 is 0. The first-order chi connectivity index (χ1) is 8.36. The zero-order valence-corrected chi connectivity index (χ0v) is 11.7. The molecule has 0 heterocycles. The Morgan fingerprint density at radius 3 is 2.44 bits per heavy atom. The Balaban J connectivity index is 2.97. The Labute approximate surface area is 109 Å². The van der Waals surface area contributed by atoms with Crippen molar-refractivity contribution in [3.05, 3.63) is 34.4 Å². The maximum absolute atomic E-state index is 11.0. The van der Waals surface area contributed by atoms with Crippen LogP contribution in [0.1, 0.15) is 41.5 Å². The van der Waals surface area contributed by atoms with E-state index in [-0.39, 0.29) is 12.5 Å². The van der Waals surface area contributed by atoms with Gasteiger partial charge in [0.15, 0.2) is 0 Å². The van der Waals surface area contributed by atoms with Crippen LogP contribution in [0.4, 0.5) is 0 Å². The fourth-order valence-electron chi connectivity index (χ4n) is 2.44. The summed E-state index contributed by atoms with van der Waals surface area (Å²) in [5.74, 6) is -1.04. The first-order valence-electron chi connectivity index (χ1n) is 6.37. The van der Waals surface area contributed by atoms with Crippen LogP contribution in [0.2, 0.25) is 0 Å². The van der Waals surface area contributed by atoms with Crippen molar-refractivity contribution in [3.63, 3.8) is 0 Å². The van der Waals surface area contributed by atoms with Gasteiger partial charge < -0.3 is 10.8 Å². The Bertz CT molecular complexity index is 440. The predicted molar refractivity (Wildman–Crippen MR) is 73.9 cm³/mol. The summed E-state index contributed by atoms with van der Waals surface area (Å²) in [4.78, 5) is 11.0. The molecule has 0 amide bonds. The van der Waals surface area contributed by atoms with Gasteiger partial charge in [-0.1, -0.05) is 24.6 Å². The topological polar surface area (TPSA) is 63.3 Å². The molecule has 0 aliphatic heterocycles. The maximum atomic E-state index is 11.0. The van der Waals surface area contributed by atoms with Crippen LogP contribution in [0.3, 0.4) is 0 Å². The smallest absolute Gasteiger partial charge is 0.307 e. The van der Waals surface area contributed by atoms with Gasteiger partial charge in [-0.05, 0) is 49.8 Å². The Morgan fingerprint density at radius 1 is 1.33 bits per heavy atom. The lowest BCUT2D eigenvalue weighted by atomic mass is 9.85.